The summed E-state index contributed by atoms with van der Waals surface area (Å²) >= 11 is 0. The molecule has 1 aliphatic rings. The van der Waals surface area contributed by atoms with Crippen LogP contribution in [-0.4, -0.2) is 32.2 Å². The van der Waals surface area contributed by atoms with Gasteiger partial charge in [0.2, 0.25) is 0 Å². The highest BCUT2D eigenvalue weighted by atomic mass is 15.1. The van der Waals surface area contributed by atoms with Crippen molar-refractivity contribution in [3.63, 3.8) is 0 Å². The van der Waals surface area contributed by atoms with E-state index in [1.165, 1.54) is 18.5 Å². The van der Waals surface area contributed by atoms with E-state index in [4.69, 9.17) is 0 Å². The van der Waals surface area contributed by atoms with E-state index in [0.29, 0.717) is 5.92 Å². The molecule has 3 rings (SSSR count). The van der Waals surface area contributed by atoms with Gasteiger partial charge in [-0.05, 0) is 25.8 Å². The zero-order valence-electron chi connectivity index (χ0n) is 11.2. The number of aryl methyl sites for hydroxylation is 2. The highest BCUT2D eigenvalue weighted by Crippen LogP contribution is 2.22. The maximum atomic E-state index is 4.33. The molecule has 1 unspecified atom stereocenters. The quantitative estimate of drug-likeness (QED) is 0.888. The minimum absolute atomic E-state index is 0.629. The number of aromatic nitrogens is 4. The molecular formula is C14H21N5. The Hall–Kier alpha value is -1.62. The van der Waals surface area contributed by atoms with Gasteiger partial charge in [0.1, 0.15) is 0 Å². The normalized spacial score (nSPS) is 19.7. The van der Waals surface area contributed by atoms with Gasteiger partial charge in [0.25, 0.3) is 0 Å². The molecular weight excluding hydrogens is 238 g/mol. The Morgan fingerprint density at radius 3 is 3.05 bits per heavy atom. The highest BCUT2D eigenvalue weighted by molar-refractivity contribution is 5.08. The molecule has 1 atom stereocenters. The van der Waals surface area contributed by atoms with Crippen LogP contribution in [0.4, 0.5) is 0 Å². The molecule has 0 amide bonds. The number of hydrogen-bond acceptors (Lipinski definition) is 3. The van der Waals surface area contributed by atoms with E-state index in [1.54, 1.807) is 0 Å². The summed E-state index contributed by atoms with van der Waals surface area (Å²) in [5.41, 5.74) is 1.39. The summed E-state index contributed by atoms with van der Waals surface area (Å²) in [6.45, 7) is 4.29. The van der Waals surface area contributed by atoms with Crippen molar-refractivity contribution in [1.82, 2.24) is 24.4 Å². The lowest BCUT2D eigenvalue weighted by Crippen LogP contribution is -2.29. The molecule has 1 aliphatic heterocycles. The lowest BCUT2D eigenvalue weighted by atomic mass is 9.96. The third kappa shape index (κ3) is 3.04. The van der Waals surface area contributed by atoms with Gasteiger partial charge >= 0.3 is 0 Å². The molecule has 2 aromatic rings. The predicted octanol–water partition coefficient (Wildman–Crippen LogP) is 1.64. The zero-order chi connectivity index (χ0) is 12.9. The lowest BCUT2D eigenvalue weighted by molar-refractivity contribution is 0.435. The maximum absolute atomic E-state index is 4.33. The molecule has 0 saturated carbocycles. The number of imidazole rings is 2. The third-order valence-electron chi connectivity index (χ3n) is 3.83. The van der Waals surface area contributed by atoms with Crippen molar-refractivity contribution >= 4 is 0 Å². The van der Waals surface area contributed by atoms with Crippen molar-refractivity contribution in [3.8, 4) is 0 Å². The van der Waals surface area contributed by atoms with Crippen LogP contribution in [0.3, 0.4) is 0 Å². The van der Waals surface area contributed by atoms with Gasteiger partial charge in [-0.1, -0.05) is 0 Å². The largest absolute Gasteiger partial charge is 0.337 e. The Labute approximate surface area is 113 Å². The Balaban J connectivity index is 1.57. The van der Waals surface area contributed by atoms with E-state index >= 15 is 0 Å². The second-order valence-electron chi connectivity index (χ2n) is 5.21. The van der Waals surface area contributed by atoms with Crippen LogP contribution in [0.15, 0.2) is 31.2 Å². The minimum atomic E-state index is 0.629. The second-order valence-corrected chi connectivity index (χ2v) is 5.21. The van der Waals surface area contributed by atoms with Gasteiger partial charge in [-0.2, -0.15) is 0 Å². The molecule has 1 fully saturated rings. The van der Waals surface area contributed by atoms with Crippen molar-refractivity contribution in [2.24, 2.45) is 0 Å². The van der Waals surface area contributed by atoms with Gasteiger partial charge in [0.05, 0.1) is 12.7 Å². The number of rotatable bonds is 5. The number of nitrogens with zero attached hydrogens (tertiary/aromatic N) is 4. The Morgan fingerprint density at radius 1 is 1.26 bits per heavy atom. The Kier molecular flexibility index (Phi) is 3.93. The summed E-state index contributed by atoms with van der Waals surface area (Å²) in [6.07, 6.45) is 13.4. The van der Waals surface area contributed by atoms with Gasteiger partial charge in [-0.25, -0.2) is 9.97 Å². The van der Waals surface area contributed by atoms with Crippen LogP contribution in [-0.2, 0) is 13.1 Å². The first-order valence-corrected chi connectivity index (χ1v) is 7.10. The smallest absolute Gasteiger partial charge is 0.0948 e. The first-order valence-electron chi connectivity index (χ1n) is 7.10. The standard InChI is InChI=1S/C14H21N5/c1-3-13(9-15-4-1)14-10-17-12-19(14)7-2-6-18-8-5-16-11-18/h5,8,10-13,15H,1-4,6-7,9H2. The predicted molar refractivity (Wildman–Crippen MR) is 73.9 cm³/mol. The van der Waals surface area contributed by atoms with E-state index < -0.39 is 0 Å². The average Bonchev–Trinajstić information content (AvgIpc) is 3.11. The van der Waals surface area contributed by atoms with Gasteiger partial charge in [0, 0.05) is 49.8 Å². The lowest BCUT2D eigenvalue weighted by Gasteiger charge is -2.23. The van der Waals surface area contributed by atoms with Crippen LogP contribution < -0.4 is 5.32 Å². The van der Waals surface area contributed by atoms with Crippen molar-refractivity contribution < 1.29 is 0 Å². The van der Waals surface area contributed by atoms with Crippen LogP contribution >= 0.6 is 0 Å². The van der Waals surface area contributed by atoms with Crippen LogP contribution in [0.25, 0.3) is 0 Å². The molecule has 5 heteroatoms. The maximum Gasteiger partial charge on any atom is 0.0948 e. The average molecular weight is 259 g/mol. The zero-order valence-corrected chi connectivity index (χ0v) is 11.2. The molecule has 1 N–H and O–H groups in total. The molecule has 0 aliphatic carbocycles. The number of hydrogen-bond donors (Lipinski definition) is 1. The summed E-state index contributed by atoms with van der Waals surface area (Å²) in [5.74, 6) is 0.629. The van der Waals surface area contributed by atoms with Crippen molar-refractivity contribution in [3.05, 3.63) is 36.9 Å². The van der Waals surface area contributed by atoms with Crippen LogP contribution in [0.5, 0.6) is 0 Å². The molecule has 0 bridgehead atoms. The van der Waals surface area contributed by atoms with Crippen molar-refractivity contribution in [2.75, 3.05) is 13.1 Å². The fourth-order valence-corrected chi connectivity index (χ4v) is 2.80. The molecule has 1 saturated heterocycles. The molecule has 5 nitrogen and oxygen atoms in total. The summed E-state index contributed by atoms with van der Waals surface area (Å²) in [7, 11) is 0. The van der Waals surface area contributed by atoms with Gasteiger partial charge in [-0.3, -0.25) is 0 Å². The highest BCUT2D eigenvalue weighted by Gasteiger charge is 2.18. The molecule has 2 aromatic heterocycles. The van der Waals surface area contributed by atoms with Crippen molar-refractivity contribution in [2.45, 2.75) is 38.3 Å². The first kappa shape index (κ1) is 12.4. The third-order valence-corrected chi connectivity index (χ3v) is 3.83. The van der Waals surface area contributed by atoms with Gasteiger partial charge in [0.15, 0.2) is 0 Å². The monoisotopic (exact) mass is 259 g/mol. The summed E-state index contributed by atoms with van der Waals surface area (Å²) in [4.78, 5) is 8.39. The molecule has 102 valence electrons. The fourth-order valence-electron chi connectivity index (χ4n) is 2.80. The van der Waals surface area contributed by atoms with E-state index in [9.17, 15) is 0 Å². The first-order chi connectivity index (χ1) is 9.43. The van der Waals surface area contributed by atoms with E-state index in [1.807, 2.05) is 31.2 Å². The molecule has 0 radical (unpaired) electrons. The van der Waals surface area contributed by atoms with Crippen LogP contribution in [0.1, 0.15) is 30.9 Å². The summed E-state index contributed by atoms with van der Waals surface area (Å²) in [6, 6.07) is 0. The van der Waals surface area contributed by atoms with Crippen LogP contribution in [0, 0.1) is 0 Å². The summed E-state index contributed by atoms with van der Waals surface area (Å²) < 4.78 is 4.44. The molecule has 19 heavy (non-hydrogen) atoms. The van der Waals surface area contributed by atoms with Crippen LogP contribution in [0.2, 0.25) is 0 Å². The van der Waals surface area contributed by atoms with E-state index in [2.05, 4.69) is 24.4 Å². The number of nitrogens with one attached hydrogen (secondary N) is 1. The number of piperidine rings is 1. The second kappa shape index (κ2) is 6.02. The Bertz CT molecular complexity index is 482. The Morgan fingerprint density at radius 2 is 2.26 bits per heavy atom. The van der Waals surface area contributed by atoms with Crippen molar-refractivity contribution in [1.29, 1.82) is 0 Å². The SMILES string of the molecule is c1cn(CCCn2cncc2C2CCCNC2)cn1. The van der Waals surface area contributed by atoms with Gasteiger partial charge < -0.3 is 14.5 Å². The van der Waals surface area contributed by atoms with E-state index in [-0.39, 0.29) is 0 Å². The molecule has 3 heterocycles. The molecule has 0 aromatic carbocycles. The van der Waals surface area contributed by atoms with E-state index in [0.717, 1.165) is 32.6 Å². The summed E-state index contributed by atoms with van der Waals surface area (Å²) in [5, 5.41) is 3.48. The minimum Gasteiger partial charge on any atom is -0.337 e. The topological polar surface area (TPSA) is 47.7 Å². The van der Waals surface area contributed by atoms with Gasteiger partial charge in [-0.15, -0.1) is 0 Å². The molecule has 0 spiro atoms. The fraction of sp³-hybridized carbons (Fsp3) is 0.571.